The lowest BCUT2D eigenvalue weighted by molar-refractivity contribution is 0.405. The van der Waals surface area contributed by atoms with Crippen LogP contribution in [0.4, 0.5) is 5.82 Å². The number of hydrogen-bond acceptors (Lipinski definition) is 6. The molecule has 0 spiro atoms. The lowest BCUT2D eigenvalue weighted by atomic mass is 10.1. The summed E-state index contributed by atoms with van der Waals surface area (Å²) in [6.45, 7) is 6.25. The number of nitrogens with one attached hydrogen (secondary N) is 1. The third-order valence-electron chi connectivity index (χ3n) is 3.13. The smallest absolute Gasteiger partial charge is 0.253 e. The molecular formula is C12H17N7. The Kier molecular flexibility index (Phi) is 3.12. The summed E-state index contributed by atoms with van der Waals surface area (Å²) in [5, 5.41) is 7.56. The average molecular weight is 259 g/mol. The lowest BCUT2D eigenvalue weighted by Crippen LogP contribution is -2.54. The Morgan fingerprint density at radius 2 is 2.05 bits per heavy atom. The number of hydrogen-bond donors (Lipinski definition) is 1. The van der Waals surface area contributed by atoms with E-state index >= 15 is 0 Å². The molecule has 1 saturated heterocycles. The van der Waals surface area contributed by atoms with Crippen LogP contribution in [0.1, 0.15) is 13.8 Å². The predicted molar refractivity (Wildman–Crippen MR) is 71.2 cm³/mol. The number of piperazine rings is 1. The first-order valence-corrected chi connectivity index (χ1v) is 6.41. The molecule has 3 rings (SSSR count). The lowest BCUT2D eigenvalue weighted by Gasteiger charge is -2.36. The van der Waals surface area contributed by atoms with Crippen molar-refractivity contribution in [1.82, 2.24) is 30.0 Å². The molecule has 19 heavy (non-hydrogen) atoms. The average Bonchev–Trinajstić information content (AvgIpc) is 2.92. The predicted octanol–water partition coefficient (Wildman–Crippen LogP) is 0.244. The zero-order chi connectivity index (χ0) is 13.2. The van der Waals surface area contributed by atoms with E-state index in [1.807, 2.05) is 6.07 Å². The van der Waals surface area contributed by atoms with E-state index in [4.69, 9.17) is 0 Å². The van der Waals surface area contributed by atoms with E-state index in [-0.39, 0.29) is 0 Å². The minimum Gasteiger partial charge on any atom is -0.353 e. The highest BCUT2D eigenvalue weighted by Crippen LogP contribution is 2.15. The van der Waals surface area contributed by atoms with Crippen molar-refractivity contribution in [1.29, 1.82) is 0 Å². The summed E-state index contributed by atoms with van der Waals surface area (Å²) in [5.41, 5.74) is 0. The van der Waals surface area contributed by atoms with Gasteiger partial charge in [0.2, 0.25) is 0 Å². The van der Waals surface area contributed by atoms with Crippen molar-refractivity contribution in [2.45, 2.75) is 25.9 Å². The van der Waals surface area contributed by atoms with Crippen LogP contribution >= 0.6 is 0 Å². The van der Waals surface area contributed by atoms with Gasteiger partial charge in [-0.15, -0.1) is 0 Å². The van der Waals surface area contributed by atoms with Gasteiger partial charge in [-0.05, 0) is 19.9 Å². The normalized spacial score (nSPS) is 23.6. The van der Waals surface area contributed by atoms with E-state index < -0.39 is 0 Å². The van der Waals surface area contributed by atoms with Gasteiger partial charge in [-0.1, -0.05) is 0 Å². The number of nitrogens with zero attached hydrogens (tertiary/aromatic N) is 6. The first kappa shape index (κ1) is 12.0. The molecule has 7 heteroatoms. The van der Waals surface area contributed by atoms with Gasteiger partial charge in [-0.3, -0.25) is 0 Å². The molecule has 1 aliphatic heterocycles. The standard InChI is InChI=1S/C12H17N7/c1-9-5-18(6-10(2)16-9)11-3-4-14-12(17-11)19-8-13-7-15-19/h3-4,7-10,16H,5-6H2,1-2H3/t9-,10+. The van der Waals surface area contributed by atoms with E-state index in [0.717, 1.165) is 18.9 Å². The SMILES string of the molecule is C[C@@H]1CN(c2ccnc(-n3cncn3)n2)C[C@H](C)N1. The second-order valence-corrected chi connectivity index (χ2v) is 4.93. The summed E-state index contributed by atoms with van der Waals surface area (Å²) >= 11 is 0. The number of aromatic nitrogens is 5. The second-order valence-electron chi connectivity index (χ2n) is 4.93. The molecule has 0 radical (unpaired) electrons. The fourth-order valence-corrected chi connectivity index (χ4v) is 2.45. The van der Waals surface area contributed by atoms with Gasteiger partial charge in [0, 0.05) is 31.4 Å². The Bertz CT molecular complexity index is 529. The quantitative estimate of drug-likeness (QED) is 0.833. The van der Waals surface area contributed by atoms with Crippen molar-refractivity contribution in [3.8, 4) is 5.95 Å². The van der Waals surface area contributed by atoms with E-state index in [1.54, 1.807) is 17.2 Å². The van der Waals surface area contributed by atoms with Gasteiger partial charge in [0.15, 0.2) is 0 Å². The molecule has 1 N–H and O–H groups in total. The van der Waals surface area contributed by atoms with Crippen LogP contribution < -0.4 is 10.2 Å². The van der Waals surface area contributed by atoms with Crippen molar-refractivity contribution in [2.24, 2.45) is 0 Å². The number of rotatable bonds is 2. The molecule has 7 nitrogen and oxygen atoms in total. The van der Waals surface area contributed by atoms with Crippen LogP contribution in [0.5, 0.6) is 0 Å². The minimum absolute atomic E-state index is 0.452. The third-order valence-corrected chi connectivity index (χ3v) is 3.13. The highest BCUT2D eigenvalue weighted by atomic mass is 15.4. The largest absolute Gasteiger partial charge is 0.353 e. The van der Waals surface area contributed by atoms with Gasteiger partial charge < -0.3 is 10.2 Å². The summed E-state index contributed by atoms with van der Waals surface area (Å²) in [6, 6.07) is 2.84. The molecule has 2 aromatic heterocycles. The van der Waals surface area contributed by atoms with Crippen LogP contribution in [0.25, 0.3) is 5.95 Å². The van der Waals surface area contributed by atoms with Crippen molar-refractivity contribution >= 4 is 5.82 Å². The van der Waals surface area contributed by atoms with Gasteiger partial charge in [-0.2, -0.15) is 14.8 Å². The zero-order valence-electron chi connectivity index (χ0n) is 11.1. The van der Waals surface area contributed by atoms with Crippen molar-refractivity contribution in [3.63, 3.8) is 0 Å². The van der Waals surface area contributed by atoms with Crippen LogP contribution in [0, 0.1) is 0 Å². The molecule has 0 bridgehead atoms. The fourth-order valence-electron chi connectivity index (χ4n) is 2.45. The zero-order valence-corrected chi connectivity index (χ0v) is 11.1. The highest BCUT2D eigenvalue weighted by molar-refractivity contribution is 5.40. The first-order valence-electron chi connectivity index (χ1n) is 6.41. The maximum atomic E-state index is 4.56. The summed E-state index contributed by atoms with van der Waals surface area (Å²) in [7, 11) is 0. The van der Waals surface area contributed by atoms with Crippen LogP contribution in [-0.2, 0) is 0 Å². The molecule has 1 aliphatic rings. The van der Waals surface area contributed by atoms with Crippen molar-refractivity contribution < 1.29 is 0 Å². The first-order chi connectivity index (χ1) is 9.22. The minimum atomic E-state index is 0.452. The Morgan fingerprint density at radius 1 is 1.26 bits per heavy atom. The summed E-state index contributed by atoms with van der Waals surface area (Å²) in [4.78, 5) is 15.0. The van der Waals surface area contributed by atoms with Crippen LogP contribution in [-0.4, -0.2) is 49.9 Å². The molecule has 2 atom stereocenters. The van der Waals surface area contributed by atoms with Gasteiger partial charge in [-0.25, -0.2) is 9.97 Å². The van der Waals surface area contributed by atoms with E-state index in [0.29, 0.717) is 18.0 Å². The Labute approximate surface area is 111 Å². The molecule has 100 valence electrons. The van der Waals surface area contributed by atoms with Crippen molar-refractivity contribution in [2.75, 3.05) is 18.0 Å². The van der Waals surface area contributed by atoms with Gasteiger partial charge >= 0.3 is 0 Å². The highest BCUT2D eigenvalue weighted by Gasteiger charge is 2.22. The maximum Gasteiger partial charge on any atom is 0.253 e. The molecule has 0 amide bonds. The van der Waals surface area contributed by atoms with Gasteiger partial charge in [0.1, 0.15) is 18.5 Å². The van der Waals surface area contributed by atoms with E-state index in [1.165, 1.54) is 6.33 Å². The fraction of sp³-hybridized carbons (Fsp3) is 0.500. The van der Waals surface area contributed by atoms with Crippen molar-refractivity contribution in [3.05, 3.63) is 24.9 Å². The Hall–Kier alpha value is -2.02. The summed E-state index contributed by atoms with van der Waals surface area (Å²) < 4.78 is 1.57. The molecule has 3 heterocycles. The van der Waals surface area contributed by atoms with Gasteiger partial charge in [0.25, 0.3) is 5.95 Å². The van der Waals surface area contributed by atoms with Crippen LogP contribution in [0.15, 0.2) is 24.9 Å². The molecule has 0 aromatic carbocycles. The van der Waals surface area contributed by atoms with E-state index in [2.05, 4.69) is 44.1 Å². The molecular weight excluding hydrogens is 242 g/mol. The molecule has 1 fully saturated rings. The summed E-state index contributed by atoms with van der Waals surface area (Å²) in [6.07, 6.45) is 4.84. The summed E-state index contributed by atoms with van der Waals surface area (Å²) in [5.74, 6) is 1.48. The van der Waals surface area contributed by atoms with Crippen LogP contribution in [0.2, 0.25) is 0 Å². The topological polar surface area (TPSA) is 71.8 Å². The third kappa shape index (κ3) is 2.55. The molecule has 2 aromatic rings. The van der Waals surface area contributed by atoms with E-state index in [9.17, 15) is 0 Å². The second kappa shape index (κ2) is 4.93. The van der Waals surface area contributed by atoms with Crippen LogP contribution in [0.3, 0.4) is 0 Å². The molecule has 0 unspecified atom stereocenters. The maximum absolute atomic E-state index is 4.56. The Balaban J connectivity index is 1.87. The number of anilines is 1. The molecule has 0 aliphatic carbocycles. The Morgan fingerprint density at radius 3 is 2.74 bits per heavy atom. The monoisotopic (exact) mass is 259 g/mol. The van der Waals surface area contributed by atoms with Gasteiger partial charge in [0.05, 0.1) is 0 Å². The molecule has 0 saturated carbocycles.